The van der Waals surface area contributed by atoms with Crippen molar-refractivity contribution in [3.63, 3.8) is 0 Å². The monoisotopic (exact) mass is 447 g/mol. The standard InChI is InChI=1S/C20H22ClN5O3S/c1-14-4-5-15(21)12-17(14)22-20(27)8-11-26-19-7-6-16(13-18(19)23-24-26)30(28,29)25-9-2-3-10-25/h4-7,12-13H,2-3,8-11H2,1H3,(H,22,27). The highest BCUT2D eigenvalue weighted by molar-refractivity contribution is 7.89. The van der Waals surface area contributed by atoms with Crippen LogP contribution in [0.1, 0.15) is 24.8 Å². The number of amides is 1. The summed E-state index contributed by atoms with van der Waals surface area (Å²) in [5.41, 5.74) is 2.77. The predicted molar refractivity (Wildman–Crippen MR) is 115 cm³/mol. The molecule has 1 fully saturated rings. The predicted octanol–water partition coefficient (Wildman–Crippen LogP) is 3.21. The molecule has 1 amide bonds. The third kappa shape index (κ3) is 4.19. The molecule has 2 aromatic carbocycles. The second-order valence-electron chi connectivity index (χ2n) is 7.33. The zero-order chi connectivity index (χ0) is 21.3. The summed E-state index contributed by atoms with van der Waals surface area (Å²) in [5.74, 6) is -0.169. The highest BCUT2D eigenvalue weighted by Gasteiger charge is 2.27. The van der Waals surface area contributed by atoms with Crippen molar-refractivity contribution in [3.05, 3.63) is 47.0 Å². The largest absolute Gasteiger partial charge is 0.326 e. The maximum Gasteiger partial charge on any atom is 0.243 e. The third-order valence-electron chi connectivity index (χ3n) is 5.21. The average molecular weight is 448 g/mol. The Morgan fingerprint density at radius 3 is 2.70 bits per heavy atom. The minimum atomic E-state index is -3.51. The van der Waals surface area contributed by atoms with Gasteiger partial charge in [-0.1, -0.05) is 22.9 Å². The Labute approximate surface area is 179 Å². The number of anilines is 1. The number of nitrogens with one attached hydrogen (secondary N) is 1. The van der Waals surface area contributed by atoms with E-state index in [1.807, 2.05) is 13.0 Å². The van der Waals surface area contributed by atoms with E-state index in [0.29, 0.717) is 41.4 Å². The first-order valence-electron chi connectivity index (χ1n) is 9.74. The Bertz CT molecular complexity index is 1200. The Hall–Kier alpha value is -2.49. The Morgan fingerprint density at radius 2 is 1.93 bits per heavy atom. The molecule has 0 aliphatic carbocycles. The summed E-state index contributed by atoms with van der Waals surface area (Å²) in [6.45, 7) is 3.31. The molecule has 1 N–H and O–H groups in total. The Morgan fingerprint density at radius 1 is 1.17 bits per heavy atom. The fourth-order valence-corrected chi connectivity index (χ4v) is 5.21. The number of halogens is 1. The van der Waals surface area contributed by atoms with E-state index in [9.17, 15) is 13.2 Å². The number of sulfonamides is 1. The molecule has 3 aromatic rings. The van der Waals surface area contributed by atoms with Crippen LogP contribution in [0.2, 0.25) is 5.02 Å². The first kappa shape index (κ1) is 20.8. The minimum absolute atomic E-state index is 0.169. The van der Waals surface area contributed by atoms with E-state index < -0.39 is 10.0 Å². The summed E-state index contributed by atoms with van der Waals surface area (Å²) in [6, 6.07) is 10.1. The second kappa shape index (κ2) is 8.33. The second-order valence-corrected chi connectivity index (χ2v) is 9.71. The average Bonchev–Trinajstić information content (AvgIpc) is 3.39. The number of aromatic nitrogens is 3. The van der Waals surface area contributed by atoms with Crippen molar-refractivity contribution in [2.45, 2.75) is 37.6 Å². The molecule has 0 bridgehead atoms. The summed E-state index contributed by atoms with van der Waals surface area (Å²) >= 11 is 5.99. The lowest BCUT2D eigenvalue weighted by Crippen LogP contribution is -2.27. The fourth-order valence-electron chi connectivity index (χ4n) is 3.50. The maximum atomic E-state index is 12.7. The van der Waals surface area contributed by atoms with E-state index in [2.05, 4.69) is 15.6 Å². The molecule has 0 atom stereocenters. The lowest BCUT2D eigenvalue weighted by molar-refractivity contribution is -0.116. The van der Waals surface area contributed by atoms with Gasteiger partial charge in [-0.05, 0) is 55.7 Å². The first-order chi connectivity index (χ1) is 14.3. The molecule has 0 spiro atoms. The van der Waals surface area contributed by atoms with Crippen LogP contribution in [0.15, 0.2) is 41.3 Å². The molecular formula is C20H22ClN5O3S. The summed E-state index contributed by atoms with van der Waals surface area (Å²) in [4.78, 5) is 12.6. The van der Waals surface area contributed by atoms with Crippen LogP contribution in [0.5, 0.6) is 0 Å². The van der Waals surface area contributed by atoms with Crippen molar-refractivity contribution >= 4 is 44.3 Å². The number of fused-ring (bicyclic) bond motifs is 1. The van der Waals surface area contributed by atoms with Gasteiger partial charge in [0.15, 0.2) is 0 Å². The number of hydrogen-bond acceptors (Lipinski definition) is 5. The molecule has 1 aliphatic heterocycles. The quantitative estimate of drug-likeness (QED) is 0.625. The van der Waals surface area contributed by atoms with Crippen LogP contribution < -0.4 is 5.32 Å². The molecule has 1 aromatic heterocycles. The van der Waals surface area contributed by atoms with E-state index >= 15 is 0 Å². The zero-order valence-corrected chi connectivity index (χ0v) is 18.1. The molecule has 1 aliphatic rings. The molecule has 0 radical (unpaired) electrons. The molecule has 1 saturated heterocycles. The highest BCUT2D eigenvalue weighted by Crippen LogP contribution is 2.24. The molecule has 30 heavy (non-hydrogen) atoms. The first-order valence-corrected chi connectivity index (χ1v) is 11.6. The van der Waals surface area contributed by atoms with Gasteiger partial charge < -0.3 is 5.32 Å². The van der Waals surface area contributed by atoms with Gasteiger partial charge in [0.25, 0.3) is 0 Å². The van der Waals surface area contributed by atoms with Crippen molar-refractivity contribution < 1.29 is 13.2 Å². The van der Waals surface area contributed by atoms with Gasteiger partial charge in [0.2, 0.25) is 15.9 Å². The molecule has 4 rings (SSSR count). The summed E-state index contributed by atoms with van der Waals surface area (Å²) in [6.07, 6.45) is 1.96. The number of carbonyl (C=O) groups excluding carboxylic acids is 1. The number of rotatable bonds is 6. The van der Waals surface area contributed by atoms with Crippen LogP contribution in [0.3, 0.4) is 0 Å². The van der Waals surface area contributed by atoms with E-state index in [1.54, 1.807) is 35.0 Å². The number of hydrogen-bond donors (Lipinski definition) is 1. The molecule has 158 valence electrons. The van der Waals surface area contributed by atoms with Crippen LogP contribution in [0.4, 0.5) is 5.69 Å². The van der Waals surface area contributed by atoms with Crippen molar-refractivity contribution in [3.8, 4) is 0 Å². The minimum Gasteiger partial charge on any atom is -0.326 e. The van der Waals surface area contributed by atoms with Crippen molar-refractivity contribution in [2.75, 3.05) is 18.4 Å². The highest BCUT2D eigenvalue weighted by atomic mass is 35.5. The van der Waals surface area contributed by atoms with Crippen LogP contribution in [0, 0.1) is 6.92 Å². The van der Waals surface area contributed by atoms with Crippen LogP contribution in [0.25, 0.3) is 11.0 Å². The molecule has 10 heteroatoms. The van der Waals surface area contributed by atoms with Gasteiger partial charge >= 0.3 is 0 Å². The van der Waals surface area contributed by atoms with Crippen molar-refractivity contribution in [2.24, 2.45) is 0 Å². The SMILES string of the molecule is Cc1ccc(Cl)cc1NC(=O)CCn1nnc2cc(S(=O)(=O)N3CCCC3)ccc21. The zero-order valence-electron chi connectivity index (χ0n) is 16.5. The van der Waals surface area contributed by atoms with Gasteiger partial charge in [-0.15, -0.1) is 5.10 Å². The van der Waals surface area contributed by atoms with Crippen LogP contribution in [-0.4, -0.2) is 46.7 Å². The smallest absolute Gasteiger partial charge is 0.243 e. The van der Waals surface area contributed by atoms with Crippen LogP contribution >= 0.6 is 11.6 Å². The maximum absolute atomic E-state index is 12.7. The lowest BCUT2D eigenvalue weighted by atomic mass is 10.2. The van der Waals surface area contributed by atoms with Gasteiger partial charge in [0.05, 0.1) is 17.0 Å². The van der Waals surface area contributed by atoms with Gasteiger partial charge in [0.1, 0.15) is 5.52 Å². The normalized spacial score (nSPS) is 15.0. The summed E-state index contributed by atoms with van der Waals surface area (Å²) in [7, 11) is -3.51. The van der Waals surface area contributed by atoms with Gasteiger partial charge in [-0.25, -0.2) is 13.1 Å². The third-order valence-corrected chi connectivity index (χ3v) is 7.34. The van der Waals surface area contributed by atoms with E-state index in [0.717, 1.165) is 18.4 Å². The summed E-state index contributed by atoms with van der Waals surface area (Å²) < 4.78 is 28.6. The fraction of sp³-hybridized carbons (Fsp3) is 0.350. The lowest BCUT2D eigenvalue weighted by Gasteiger charge is -2.15. The van der Waals surface area contributed by atoms with Gasteiger partial charge in [-0.3, -0.25) is 4.79 Å². The number of nitrogens with zero attached hydrogens (tertiary/aromatic N) is 4. The van der Waals surface area contributed by atoms with E-state index in [-0.39, 0.29) is 17.2 Å². The Kier molecular flexibility index (Phi) is 5.77. The topological polar surface area (TPSA) is 97.2 Å². The van der Waals surface area contributed by atoms with Crippen molar-refractivity contribution in [1.82, 2.24) is 19.3 Å². The number of aryl methyl sites for hydroxylation is 2. The summed E-state index contributed by atoms with van der Waals surface area (Å²) in [5, 5.41) is 11.6. The van der Waals surface area contributed by atoms with Crippen molar-refractivity contribution in [1.29, 1.82) is 0 Å². The van der Waals surface area contributed by atoms with E-state index in [4.69, 9.17) is 11.6 Å². The molecule has 0 unspecified atom stereocenters. The molecule has 8 nitrogen and oxygen atoms in total. The Balaban J connectivity index is 1.46. The molecule has 0 saturated carbocycles. The van der Waals surface area contributed by atoms with Gasteiger partial charge in [0, 0.05) is 30.2 Å². The molecular weight excluding hydrogens is 426 g/mol. The van der Waals surface area contributed by atoms with Gasteiger partial charge in [-0.2, -0.15) is 4.31 Å². The number of benzene rings is 2. The van der Waals surface area contributed by atoms with Crippen LogP contribution in [-0.2, 0) is 21.4 Å². The number of carbonyl (C=O) groups is 1. The molecule has 2 heterocycles. The van der Waals surface area contributed by atoms with E-state index in [1.165, 1.54) is 4.31 Å².